The average Bonchev–Trinajstić information content (AvgIpc) is 2.82. The van der Waals surface area contributed by atoms with Crippen LogP contribution in [0.25, 0.3) is 0 Å². The van der Waals surface area contributed by atoms with E-state index in [0.29, 0.717) is 8.58 Å². The van der Waals surface area contributed by atoms with Gasteiger partial charge in [-0.3, -0.25) is 0 Å². The molecule has 0 N–H and O–H groups in total. The number of ether oxygens (including phenoxy) is 2. The third-order valence-electron chi connectivity index (χ3n) is 5.31. The van der Waals surface area contributed by atoms with Crippen molar-refractivity contribution in [3.05, 3.63) is 108 Å². The summed E-state index contributed by atoms with van der Waals surface area (Å²) in [5, 5.41) is 6.76. The highest BCUT2D eigenvalue weighted by molar-refractivity contribution is 7.81. The Morgan fingerprint density at radius 1 is 0.688 bits per heavy atom. The van der Waals surface area contributed by atoms with Gasteiger partial charge in [0, 0.05) is 12.4 Å². The van der Waals surface area contributed by atoms with Crippen molar-refractivity contribution < 1.29 is 9.47 Å². The Kier molecular flexibility index (Phi) is 7.72. The summed E-state index contributed by atoms with van der Waals surface area (Å²) < 4.78 is 11.2. The first-order chi connectivity index (χ1) is 15.7. The van der Waals surface area contributed by atoms with E-state index in [1.165, 1.54) is 32.1 Å². The van der Waals surface area contributed by atoms with Gasteiger partial charge in [0.25, 0.3) is 0 Å². The molecule has 0 saturated carbocycles. The van der Waals surface area contributed by atoms with E-state index in [0.717, 1.165) is 11.3 Å². The summed E-state index contributed by atoms with van der Waals surface area (Å²) in [6.45, 7) is 4.57. The van der Waals surface area contributed by atoms with Crippen molar-refractivity contribution in [1.82, 2.24) is 0 Å². The van der Waals surface area contributed by atoms with E-state index in [1.54, 1.807) is 7.11 Å². The maximum absolute atomic E-state index is 5.99. The van der Waals surface area contributed by atoms with Gasteiger partial charge in [-0.05, 0) is 54.1 Å². The molecule has 0 heterocycles. The third-order valence-corrected chi connectivity index (χ3v) is 9.58. The smallest absolute Gasteiger partial charge is 0.188 e. The predicted octanol–water partition coefficient (Wildman–Crippen LogP) is 4.67. The van der Waals surface area contributed by atoms with Gasteiger partial charge in [-0.15, -0.1) is 0 Å². The number of rotatable bonds is 8. The zero-order valence-electron chi connectivity index (χ0n) is 18.7. The standard InChI is InChI=1S/C28H28O2P2/c1-21-12-10-18-25(27(21)30-20-29-3)31-28-22(2)13-11-19-26(28)32(23-14-6-4-7-15-23)24-16-8-5-9-17-24/h4-19,31H,20H2,1-3H3. The molecule has 4 heteroatoms. The summed E-state index contributed by atoms with van der Waals surface area (Å²) in [7, 11) is 1.49. The number of hydrogen-bond donors (Lipinski definition) is 0. The van der Waals surface area contributed by atoms with Crippen molar-refractivity contribution >= 4 is 43.0 Å². The topological polar surface area (TPSA) is 18.5 Å². The molecule has 4 aromatic carbocycles. The Hall–Kier alpha value is -2.50. The summed E-state index contributed by atoms with van der Waals surface area (Å²) in [6.07, 6.45) is 0. The molecule has 0 bridgehead atoms. The second kappa shape index (κ2) is 10.9. The molecular weight excluding hydrogens is 430 g/mol. The minimum Gasteiger partial charge on any atom is -0.467 e. The lowest BCUT2D eigenvalue weighted by molar-refractivity contribution is 0.0514. The summed E-state index contributed by atoms with van der Waals surface area (Å²) in [5.41, 5.74) is 2.45. The van der Waals surface area contributed by atoms with Gasteiger partial charge in [0.15, 0.2) is 6.79 Å². The van der Waals surface area contributed by atoms with Crippen molar-refractivity contribution in [3.63, 3.8) is 0 Å². The van der Waals surface area contributed by atoms with E-state index in [9.17, 15) is 0 Å². The van der Waals surface area contributed by atoms with Crippen molar-refractivity contribution in [3.8, 4) is 5.75 Å². The average molecular weight is 458 g/mol. The van der Waals surface area contributed by atoms with Gasteiger partial charge in [0.2, 0.25) is 0 Å². The molecule has 0 aliphatic carbocycles. The molecule has 4 aromatic rings. The Bertz CT molecular complexity index is 1120. The van der Waals surface area contributed by atoms with Crippen molar-refractivity contribution in [2.24, 2.45) is 0 Å². The fourth-order valence-corrected chi connectivity index (χ4v) is 8.03. The lowest BCUT2D eigenvalue weighted by Crippen LogP contribution is -2.31. The Morgan fingerprint density at radius 3 is 1.91 bits per heavy atom. The Labute approximate surface area is 194 Å². The van der Waals surface area contributed by atoms with Crippen molar-refractivity contribution in [2.45, 2.75) is 13.8 Å². The number of para-hydroxylation sites is 1. The van der Waals surface area contributed by atoms with Crippen LogP contribution >= 0.6 is 16.5 Å². The molecule has 0 aromatic heterocycles. The highest BCUT2D eigenvalue weighted by atomic mass is 31.1. The third kappa shape index (κ3) is 5.11. The minimum atomic E-state index is -0.666. The van der Waals surface area contributed by atoms with Gasteiger partial charge in [-0.2, -0.15) is 0 Å². The zero-order chi connectivity index (χ0) is 22.3. The van der Waals surface area contributed by atoms with Crippen LogP contribution in [0.1, 0.15) is 11.1 Å². The molecule has 0 aliphatic heterocycles. The summed E-state index contributed by atoms with van der Waals surface area (Å²) in [5.74, 6) is 0.936. The van der Waals surface area contributed by atoms with Crippen LogP contribution in [0.2, 0.25) is 0 Å². The maximum Gasteiger partial charge on any atom is 0.188 e. The number of aryl methyl sites for hydroxylation is 2. The van der Waals surface area contributed by atoms with Gasteiger partial charge in [0.05, 0.1) is 0 Å². The largest absolute Gasteiger partial charge is 0.467 e. The lowest BCUT2D eigenvalue weighted by Gasteiger charge is -2.24. The highest BCUT2D eigenvalue weighted by Gasteiger charge is 2.21. The number of benzene rings is 4. The van der Waals surface area contributed by atoms with Crippen molar-refractivity contribution in [1.29, 1.82) is 0 Å². The van der Waals surface area contributed by atoms with Crippen LogP contribution in [0, 0.1) is 13.8 Å². The fourth-order valence-electron chi connectivity index (χ4n) is 3.78. The fraction of sp³-hybridized carbons (Fsp3) is 0.143. The number of methoxy groups -OCH3 is 1. The molecule has 0 fully saturated rings. The van der Waals surface area contributed by atoms with Crippen LogP contribution in [0.4, 0.5) is 0 Å². The predicted molar refractivity (Wildman–Crippen MR) is 141 cm³/mol. The monoisotopic (exact) mass is 458 g/mol. The van der Waals surface area contributed by atoms with E-state index in [1.807, 2.05) is 0 Å². The van der Waals surface area contributed by atoms with Gasteiger partial charge in [-0.1, -0.05) is 106 Å². The molecule has 0 saturated heterocycles. The molecule has 1 unspecified atom stereocenters. The quantitative estimate of drug-likeness (QED) is 0.282. The first-order valence-electron chi connectivity index (χ1n) is 10.7. The van der Waals surface area contributed by atoms with E-state index < -0.39 is 7.92 Å². The SMILES string of the molecule is COCOc1c(C)cccc1Pc1c(C)cccc1P(c1ccccc1)c1ccccc1. The lowest BCUT2D eigenvalue weighted by atomic mass is 10.2. The van der Waals surface area contributed by atoms with Crippen LogP contribution in [-0.2, 0) is 4.74 Å². The van der Waals surface area contributed by atoms with Crippen molar-refractivity contribution in [2.75, 3.05) is 13.9 Å². The normalized spacial score (nSPS) is 11.4. The van der Waals surface area contributed by atoms with Crippen LogP contribution in [0.3, 0.4) is 0 Å². The van der Waals surface area contributed by atoms with Gasteiger partial charge in [-0.25, -0.2) is 0 Å². The molecule has 1 atom stereocenters. The second-order valence-corrected chi connectivity index (χ2v) is 11.1. The van der Waals surface area contributed by atoms with Crippen LogP contribution in [-0.4, -0.2) is 13.9 Å². The first-order valence-corrected chi connectivity index (χ1v) is 13.0. The van der Waals surface area contributed by atoms with E-state index in [-0.39, 0.29) is 6.79 Å². The van der Waals surface area contributed by atoms with Crippen LogP contribution < -0.4 is 31.3 Å². The number of hydrogen-bond acceptors (Lipinski definition) is 2. The van der Waals surface area contributed by atoms with E-state index >= 15 is 0 Å². The van der Waals surface area contributed by atoms with E-state index in [2.05, 4.69) is 111 Å². The summed E-state index contributed by atoms with van der Waals surface area (Å²) in [4.78, 5) is 0. The molecule has 4 rings (SSSR count). The highest BCUT2D eigenvalue weighted by Crippen LogP contribution is 2.35. The molecule has 162 valence electrons. The van der Waals surface area contributed by atoms with Crippen LogP contribution in [0.15, 0.2) is 97.1 Å². The van der Waals surface area contributed by atoms with Gasteiger partial charge >= 0.3 is 0 Å². The second-order valence-electron chi connectivity index (χ2n) is 7.60. The first kappa shape index (κ1) is 22.7. The molecule has 0 aliphatic rings. The Morgan fingerprint density at radius 2 is 1.28 bits per heavy atom. The van der Waals surface area contributed by atoms with E-state index in [4.69, 9.17) is 9.47 Å². The van der Waals surface area contributed by atoms with Gasteiger partial charge in [0.1, 0.15) is 5.75 Å². The van der Waals surface area contributed by atoms with Gasteiger partial charge < -0.3 is 9.47 Å². The molecule has 0 radical (unpaired) electrons. The maximum atomic E-state index is 5.99. The van der Waals surface area contributed by atoms with Crippen LogP contribution in [0.5, 0.6) is 5.75 Å². The zero-order valence-corrected chi connectivity index (χ0v) is 20.6. The minimum absolute atomic E-state index is 0.254. The molecule has 32 heavy (non-hydrogen) atoms. The molecular formula is C28H28O2P2. The summed E-state index contributed by atoms with van der Waals surface area (Å²) in [6, 6.07) is 34.9. The Balaban J connectivity index is 1.84. The molecule has 0 spiro atoms. The molecule has 0 amide bonds. The molecule has 2 nitrogen and oxygen atoms in total. The summed E-state index contributed by atoms with van der Waals surface area (Å²) >= 11 is 0.